The highest BCUT2D eigenvalue weighted by Crippen LogP contribution is 2.75. The van der Waals surface area contributed by atoms with Gasteiger partial charge in [0.15, 0.2) is 37.7 Å². The maximum absolute atomic E-state index is 12.9. The van der Waals surface area contributed by atoms with Crippen LogP contribution >= 0.6 is 0 Å². The van der Waals surface area contributed by atoms with Crippen LogP contribution in [0.25, 0.3) is 0 Å². The van der Waals surface area contributed by atoms with Crippen molar-refractivity contribution < 1.29 is 164 Å². The zero-order chi connectivity index (χ0) is 72.7. The summed E-state index contributed by atoms with van der Waals surface area (Å²) in [6.07, 6.45) is -43.8. The molecule has 21 N–H and O–H groups in total. The van der Waals surface area contributed by atoms with Crippen LogP contribution in [0, 0.1) is 45.3 Å². The Morgan fingerprint density at radius 2 is 0.949 bits per heavy atom. The van der Waals surface area contributed by atoms with Crippen LogP contribution in [0.3, 0.4) is 0 Å². The Morgan fingerprint density at radius 3 is 1.44 bits per heavy atom. The smallest absolute Gasteiger partial charge is 0.187 e. The molecular weight excluding hydrogens is 1320 g/mol. The maximum Gasteiger partial charge on any atom is 0.187 e. The first-order valence-corrected chi connectivity index (χ1v) is 35.0. The molecule has 0 aromatic heterocycles. The molecule has 6 aliphatic heterocycles. The summed E-state index contributed by atoms with van der Waals surface area (Å²) in [5.41, 5.74) is -2.62. The second-order valence-electron chi connectivity index (χ2n) is 31.5. The van der Waals surface area contributed by atoms with E-state index in [-0.39, 0.29) is 41.9 Å². The number of allylic oxidation sites excluding steroid dienone is 1. The average molecular weight is 1430 g/mol. The summed E-state index contributed by atoms with van der Waals surface area (Å²) < 4.78 is 71.1. The molecule has 9 fully saturated rings. The lowest BCUT2D eigenvalue weighted by Crippen LogP contribution is -2.65. The fourth-order valence-corrected chi connectivity index (χ4v) is 18.3. The van der Waals surface area contributed by atoms with Gasteiger partial charge in [0.2, 0.25) is 0 Å². The molecule has 6 heterocycles. The van der Waals surface area contributed by atoms with Gasteiger partial charge in [-0.2, -0.15) is 0 Å². The van der Waals surface area contributed by atoms with E-state index in [1.54, 1.807) is 0 Å². The number of aliphatic hydroxyl groups is 21. The maximum atomic E-state index is 12.9. The van der Waals surface area contributed by atoms with Crippen LogP contribution < -0.4 is 0 Å². The third-order valence-corrected chi connectivity index (χ3v) is 24.8. The fourth-order valence-electron chi connectivity index (χ4n) is 18.3. The summed E-state index contributed by atoms with van der Waals surface area (Å²) >= 11 is 0. The van der Waals surface area contributed by atoms with Crippen LogP contribution in [0.1, 0.15) is 113 Å². The van der Waals surface area contributed by atoms with Crippen molar-refractivity contribution >= 4 is 0 Å². The van der Waals surface area contributed by atoms with Gasteiger partial charge in [-0.1, -0.05) is 53.2 Å². The van der Waals surface area contributed by atoms with Crippen molar-refractivity contribution in [2.75, 3.05) is 39.6 Å². The lowest BCUT2D eigenvalue weighted by atomic mass is 9.38. The van der Waals surface area contributed by atoms with Gasteiger partial charge >= 0.3 is 0 Å². The van der Waals surface area contributed by atoms with Crippen LogP contribution in [0.4, 0.5) is 0 Å². The van der Waals surface area contributed by atoms with Gasteiger partial charge in [-0.3, -0.25) is 0 Å². The van der Waals surface area contributed by atoms with Crippen LogP contribution in [0.5, 0.6) is 0 Å². The number of hydrogen-bond acceptors (Lipinski definition) is 33. The molecule has 3 saturated carbocycles. The van der Waals surface area contributed by atoms with E-state index in [2.05, 4.69) is 33.8 Å². The minimum absolute atomic E-state index is 0.00726. The third kappa shape index (κ3) is 15.1. The van der Waals surface area contributed by atoms with Gasteiger partial charge in [-0.25, -0.2) is 0 Å². The van der Waals surface area contributed by atoms with Crippen molar-refractivity contribution in [3.8, 4) is 0 Å². The van der Waals surface area contributed by atoms with Crippen molar-refractivity contribution in [2.24, 2.45) is 45.3 Å². The number of rotatable bonds is 23. The van der Waals surface area contributed by atoms with Gasteiger partial charge in [0.1, 0.15) is 128 Å². The first kappa shape index (κ1) is 80.0. The average Bonchev–Trinajstić information content (AvgIpc) is 1.64. The monoisotopic (exact) mass is 1430 g/mol. The third-order valence-electron chi connectivity index (χ3n) is 24.8. The van der Waals surface area contributed by atoms with E-state index in [9.17, 15) is 107 Å². The van der Waals surface area contributed by atoms with Crippen LogP contribution in [0.2, 0.25) is 0 Å². The molecule has 0 bridgehead atoms. The minimum atomic E-state index is -1.91. The predicted octanol–water partition coefficient (Wildman–Crippen LogP) is -6.55. The zero-order valence-electron chi connectivity index (χ0n) is 57.3. The van der Waals surface area contributed by atoms with Crippen molar-refractivity contribution in [3.05, 3.63) is 11.6 Å². The molecule has 0 aromatic rings. The first-order chi connectivity index (χ1) is 46.4. The number of ether oxygens (including phenoxy) is 12. The van der Waals surface area contributed by atoms with Crippen molar-refractivity contribution in [3.63, 3.8) is 0 Å². The Balaban J connectivity index is 0.791. The molecule has 0 radical (unpaired) electrons. The largest absolute Gasteiger partial charge is 0.394 e. The summed E-state index contributed by atoms with van der Waals surface area (Å²) in [7, 11) is 0. The molecule has 33 nitrogen and oxygen atoms in total. The minimum Gasteiger partial charge on any atom is -0.394 e. The van der Waals surface area contributed by atoms with E-state index in [0.29, 0.717) is 32.1 Å². The van der Waals surface area contributed by atoms with E-state index >= 15 is 0 Å². The Morgan fingerprint density at radius 1 is 0.495 bits per heavy atom. The molecule has 0 spiro atoms. The van der Waals surface area contributed by atoms with E-state index in [0.717, 1.165) is 18.4 Å². The molecule has 6 saturated heterocycles. The highest BCUT2D eigenvalue weighted by atomic mass is 16.8. The lowest BCUT2D eigenvalue weighted by Gasteiger charge is -2.67. The zero-order valence-corrected chi connectivity index (χ0v) is 57.3. The second-order valence-corrected chi connectivity index (χ2v) is 31.5. The quantitative estimate of drug-likeness (QED) is 0.0423. The number of fused-ring (bicyclic) bond motifs is 5. The van der Waals surface area contributed by atoms with Gasteiger partial charge in [0.25, 0.3) is 0 Å². The summed E-state index contributed by atoms with van der Waals surface area (Å²) in [6.45, 7) is 12.1. The van der Waals surface area contributed by atoms with Gasteiger partial charge < -0.3 is 164 Å². The molecule has 10 aliphatic rings. The topological polar surface area (TPSA) is 536 Å². The predicted molar refractivity (Wildman–Crippen MR) is 331 cm³/mol. The number of hydrogen-bond donors (Lipinski definition) is 21. The standard InChI is InChI=1S/C66H112O33/c1-25(9-13-39(63(4,5)87)98-61-55(99-59-40(72)30(70)17-26(19-67)91-59)50(82)45(77)35(96-61)24-89-57-52(84)47(79)42(74)32(21-69)93-57)27-15-16-64(6)36-12-10-28-29(66(36,8)37(71)18-65(27,64)7)11-14-38(62(28,2)3)97-60-54(86)49(81)44(76)34(95-60)23-90-58-53(85)48(80)43(75)33(94-58)22-88-56-51(83)46(78)41(73)31(20-68)92-56/h10,25-27,29-61,67-87H,9,11-24H2,1-8H3/t25-,26+,27-,29?,30+,31-,32-,33-,34-,35-,36+,37-,38+,39-,40-,41-,42-,43-,44-,45-,46+,47+,48+,49+,50+,51-,52-,53-,54-,55-,56-,57-,58-,59+,60+,61+,64+,65-,66+/m1/s1. The normalized spacial score (nSPS) is 51.7. The van der Waals surface area contributed by atoms with E-state index < -0.39 is 258 Å². The lowest BCUT2D eigenvalue weighted by molar-refractivity contribution is -0.374. The summed E-state index contributed by atoms with van der Waals surface area (Å²) in [5, 5.41) is 228. The van der Waals surface area contributed by atoms with E-state index in [1.807, 2.05) is 13.8 Å². The SMILES string of the molecule is C[C@H](CC[C@@H](O[C@@H]1O[C@H](CO[C@@H]2O[C@H](CO)[C@@H](O)[C@H](O)[C@H]2O)[C@@H](O)[C@H](O)[C@H]1O[C@@H]1O[C@H](CO)C[C@H](O)[C@H]1O)C(C)(C)O)[C@H]1CC[C@@]2(C)[C@@H]3CC=C4C(CC[C@H](O[C@@H]5O[C@H](CO[C@@H]6O[C@H](CO[C@@H]7O[C@H](CO)[C@@H](O)[C@H](O)[C@H]7O)[C@@H](O)[C@H](O)[C@H]6O)[C@@H](O)[C@H](O)[C@H]5O)C4(C)C)[C@]3(C)[C@H](O)C[C@]12C. The highest BCUT2D eigenvalue weighted by Gasteiger charge is 2.71. The number of aliphatic hydroxyl groups excluding tert-OH is 20. The van der Waals surface area contributed by atoms with Gasteiger partial charge in [0, 0.05) is 17.3 Å². The second kappa shape index (κ2) is 31.3. The van der Waals surface area contributed by atoms with Crippen LogP contribution in [0.15, 0.2) is 11.6 Å². The molecule has 10 rings (SSSR count). The summed E-state index contributed by atoms with van der Waals surface area (Å²) in [6, 6.07) is 0. The fraction of sp³-hybridized carbons (Fsp3) is 0.970. The molecule has 99 heavy (non-hydrogen) atoms. The van der Waals surface area contributed by atoms with Gasteiger partial charge in [0.05, 0.1) is 75.8 Å². The summed E-state index contributed by atoms with van der Waals surface area (Å²) in [5.74, 6) is -0.0853. The van der Waals surface area contributed by atoms with Crippen molar-refractivity contribution in [1.82, 2.24) is 0 Å². The Kier molecular flexibility index (Phi) is 25.3. The van der Waals surface area contributed by atoms with E-state index in [4.69, 9.17) is 56.8 Å². The van der Waals surface area contributed by atoms with Gasteiger partial charge in [-0.05, 0) is 99.7 Å². The molecule has 574 valence electrons. The van der Waals surface area contributed by atoms with E-state index in [1.165, 1.54) is 13.8 Å². The first-order valence-electron chi connectivity index (χ1n) is 35.0. The Bertz CT molecular complexity index is 2640. The molecule has 39 atom stereocenters. The van der Waals surface area contributed by atoms with Crippen LogP contribution in [-0.2, 0) is 56.8 Å². The molecule has 4 aliphatic carbocycles. The molecule has 33 heteroatoms. The molecular formula is C66H112O33. The van der Waals surface area contributed by atoms with Crippen molar-refractivity contribution in [2.45, 2.75) is 315 Å². The Labute approximate surface area is 574 Å². The Hall–Kier alpha value is -1.58. The highest BCUT2D eigenvalue weighted by molar-refractivity contribution is 5.32. The van der Waals surface area contributed by atoms with Crippen molar-refractivity contribution in [1.29, 1.82) is 0 Å². The molecule has 0 aromatic carbocycles. The molecule has 1 unspecified atom stereocenters. The summed E-state index contributed by atoms with van der Waals surface area (Å²) in [4.78, 5) is 0. The molecule has 0 amide bonds. The van der Waals surface area contributed by atoms with Crippen LogP contribution in [-0.4, -0.2) is 349 Å². The van der Waals surface area contributed by atoms with Gasteiger partial charge in [-0.15, -0.1) is 0 Å².